The van der Waals surface area contributed by atoms with Gasteiger partial charge in [0, 0.05) is 19.5 Å². The second kappa shape index (κ2) is 25.8. The van der Waals surface area contributed by atoms with Gasteiger partial charge in [-0.25, -0.2) is 9.59 Å². The van der Waals surface area contributed by atoms with Gasteiger partial charge in [-0.05, 0) is 63.7 Å². The molecule has 246 valence electrons. The van der Waals surface area contributed by atoms with E-state index in [4.69, 9.17) is 9.47 Å². The molecule has 0 bridgehead atoms. The van der Waals surface area contributed by atoms with Crippen LogP contribution in [0.2, 0.25) is 0 Å². The minimum atomic E-state index is -0.527. The maximum atomic E-state index is 12.5. The van der Waals surface area contributed by atoms with Crippen molar-refractivity contribution in [1.82, 2.24) is 15.5 Å². The lowest BCUT2D eigenvalue weighted by molar-refractivity contribution is -0.121. The van der Waals surface area contributed by atoms with Crippen LogP contribution in [0.1, 0.15) is 138 Å². The van der Waals surface area contributed by atoms with Crippen LogP contribution in [-0.2, 0) is 16.0 Å². The molecular weight excluding hydrogens is 542 g/mol. The first-order valence-corrected chi connectivity index (χ1v) is 17.0. The number of nitrogens with one attached hydrogen (secondary N) is 2. The molecule has 8 heteroatoms. The van der Waals surface area contributed by atoms with Gasteiger partial charge in [-0.15, -0.1) is 0 Å². The van der Waals surface area contributed by atoms with Gasteiger partial charge in [0.25, 0.3) is 0 Å². The molecule has 2 N–H and O–H groups in total. The number of hydrogen-bond donors (Lipinski definition) is 2. The van der Waals surface area contributed by atoms with E-state index in [0.717, 1.165) is 25.8 Å². The number of carbonyl (C=O) groups is 3. The molecule has 0 atom stereocenters. The van der Waals surface area contributed by atoms with Gasteiger partial charge in [0.05, 0.1) is 12.7 Å². The zero-order valence-corrected chi connectivity index (χ0v) is 27.8. The largest absolute Gasteiger partial charge is 0.465 e. The van der Waals surface area contributed by atoms with Crippen LogP contribution in [0.25, 0.3) is 0 Å². The van der Waals surface area contributed by atoms with Crippen molar-refractivity contribution in [3.8, 4) is 5.75 Å². The van der Waals surface area contributed by atoms with Crippen LogP contribution in [-0.4, -0.2) is 63.7 Å². The minimum absolute atomic E-state index is 0.0823. The summed E-state index contributed by atoms with van der Waals surface area (Å²) >= 11 is 0. The summed E-state index contributed by atoms with van der Waals surface area (Å²) in [6.45, 7) is 4.33. The second-order valence-corrected chi connectivity index (χ2v) is 11.9. The first-order chi connectivity index (χ1) is 20.9. The predicted molar refractivity (Wildman–Crippen MR) is 176 cm³/mol. The molecular formula is C35H61N3O5. The third-order valence-corrected chi connectivity index (χ3v) is 7.71. The number of hydrogen-bond acceptors (Lipinski definition) is 6. The molecule has 8 nitrogen and oxygen atoms in total. The standard InChI is InChI=1S/C35H61N3O5/c1-5-6-7-8-9-10-11-12-13-14-15-16-17-18-19-20-26-37-35(41)43-32-24-22-31(34(40)42-4)29-30(32)23-25-33(39)36-27-21-28-38(2)3/h22,24,29H,5-21,23,25-28H2,1-4H3,(H,36,39)(H,37,41). The van der Waals surface area contributed by atoms with Gasteiger partial charge in [-0.3, -0.25) is 4.79 Å². The van der Waals surface area contributed by atoms with Crippen LogP contribution >= 0.6 is 0 Å². The molecule has 0 aliphatic heterocycles. The zero-order valence-electron chi connectivity index (χ0n) is 27.8. The van der Waals surface area contributed by atoms with E-state index in [1.54, 1.807) is 18.2 Å². The van der Waals surface area contributed by atoms with E-state index < -0.39 is 12.1 Å². The van der Waals surface area contributed by atoms with Crippen molar-refractivity contribution in [1.29, 1.82) is 0 Å². The normalized spacial score (nSPS) is 11.0. The number of aryl methyl sites for hydroxylation is 1. The van der Waals surface area contributed by atoms with Crippen LogP contribution in [0, 0.1) is 0 Å². The second-order valence-electron chi connectivity index (χ2n) is 11.9. The molecule has 2 amide bonds. The van der Waals surface area contributed by atoms with E-state index in [2.05, 4.69) is 22.5 Å². The topological polar surface area (TPSA) is 97.0 Å². The van der Waals surface area contributed by atoms with Gasteiger partial charge >= 0.3 is 12.1 Å². The fraction of sp³-hybridized carbons (Fsp3) is 0.743. The molecule has 0 unspecified atom stereocenters. The molecule has 0 radical (unpaired) electrons. The van der Waals surface area contributed by atoms with Gasteiger partial charge in [0.15, 0.2) is 0 Å². The summed E-state index contributed by atoms with van der Waals surface area (Å²) < 4.78 is 10.4. The number of nitrogens with zero attached hydrogens (tertiary/aromatic N) is 1. The Morgan fingerprint density at radius 2 is 1.26 bits per heavy atom. The quantitative estimate of drug-likeness (QED) is 0.0828. The SMILES string of the molecule is CCCCCCCCCCCCCCCCCCNC(=O)Oc1ccc(C(=O)OC)cc1CCC(=O)NCCCN(C)C. The summed E-state index contributed by atoms with van der Waals surface area (Å²) in [6, 6.07) is 4.78. The Balaban J connectivity index is 2.24. The van der Waals surface area contributed by atoms with Crippen molar-refractivity contribution in [2.75, 3.05) is 40.8 Å². The number of ether oxygens (including phenoxy) is 2. The highest BCUT2D eigenvalue weighted by Crippen LogP contribution is 2.23. The van der Waals surface area contributed by atoms with Crippen molar-refractivity contribution >= 4 is 18.0 Å². The molecule has 0 aromatic heterocycles. The number of benzene rings is 1. The number of unbranched alkanes of at least 4 members (excludes halogenated alkanes) is 15. The predicted octanol–water partition coefficient (Wildman–Crippen LogP) is 7.82. The summed E-state index contributed by atoms with van der Waals surface area (Å²) in [7, 11) is 5.31. The maximum Gasteiger partial charge on any atom is 0.412 e. The minimum Gasteiger partial charge on any atom is -0.465 e. The Morgan fingerprint density at radius 3 is 1.79 bits per heavy atom. The smallest absolute Gasteiger partial charge is 0.412 e. The Morgan fingerprint density at radius 1 is 0.721 bits per heavy atom. The van der Waals surface area contributed by atoms with Crippen LogP contribution in [0.3, 0.4) is 0 Å². The average Bonchev–Trinajstić information content (AvgIpc) is 2.99. The highest BCUT2D eigenvalue weighted by Gasteiger charge is 2.15. The van der Waals surface area contributed by atoms with Crippen LogP contribution in [0.15, 0.2) is 18.2 Å². The van der Waals surface area contributed by atoms with Gasteiger partial charge in [0.1, 0.15) is 5.75 Å². The first-order valence-electron chi connectivity index (χ1n) is 17.0. The Hall–Kier alpha value is -2.61. The zero-order chi connectivity index (χ0) is 31.5. The fourth-order valence-electron chi connectivity index (χ4n) is 5.08. The summed E-state index contributed by atoms with van der Waals surface area (Å²) in [5.74, 6) is -0.215. The number of amides is 2. The summed E-state index contributed by atoms with van der Waals surface area (Å²) in [4.78, 5) is 38.9. The molecule has 1 aromatic carbocycles. The number of carbonyl (C=O) groups excluding carboxylic acids is 3. The molecule has 0 aliphatic carbocycles. The molecule has 0 saturated heterocycles. The number of rotatable bonds is 26. The third-order valence-electron chi connectivity index (χ3n) is 7.71. The Bertz CT molecular complexity index is 890. The van der Waals surface area contributed by atoms with Crippen LogP contribution in [0.5, 0.6) is 5.75 Å². The molecule has 0 heterocycles. The Labute approximate surface area is 262 Å². The van der Waals surface area contributed by atoms with Crippen molar-refractivity contribution in [3.63, 3.8) is 0 Å². The van der Waals surface area contributed by atoms with Crippen LogP contribution in [0.4, 0.5) is 4.79 Å². The molecule has 0 saturated carbocycles. The van der Waals surface area contributed by atoms with Crippen molar-refractivity contribution < 1.29 is 23.9 Å². The highest BCUT2D eigenvalue weighted by atomic mass is 16.6. The van der Waals surface area contributed by atoms with Gasteiger partial charge in [-0.1, -0.05) is 103 Å². The average molecular weight is 604 g/mol. The maximum absolute atomic E-state index is 12.5. The monoisotopic (exact) mass is 603 g/mol. The van der Waals surface area contributed by atoms with Gasteiger partial charge in [-0.2, -0.15) is 0 Å². The van der Waals surface area contributed by atoms with E-state index in [1.807, 2.05) is 14.1 Å². The molecule has 0 fully saturated rings. The molecule has 1 rings (SSSR count). The van der Waals surface area contributed by atoms with Crippen molar-refractivity contribution in [3.05, 3.63) is 29.3 Å². The van der Waals surface area contributed by atoms with Crippen molar-refractivity contribution in [2.45, 2.75) is 129 Å². The van der Waals surface area contributed by atoms with Crippen molar-refractivity contribution in [2.24, 2.45) is 0 Å². The summed E-state index contributed by atoms with van der Waals surface area (Å²) in [5.41, 5.74) is 0.966. The highest BCUT2D eigenvalue weighted by molar-refractivity contribution is 5.90. The third kappa shape index (κ3) is 20.9. The van der Waals surface area contributed by atoms with E-state index in [1.165, 1.54) is 97.0 Å². The summed E-state index contributed by atoms with van der Waals surface area (Å²) in [6.07, 6.45) is 21.8. The molecule has 0 spiro atoms. The molecule has 0 aliphatic rings. The van der Waals surface area contributed by atoms with E-state index in [-0.39, 0.29) is 12.3 Å². The lowest BCUT2D eigenvalue weighted by atomic mass is 10.0. The van der Waals surface area contributed by atoms with E-state index in [0.29, 0.717) is 36.4 Å². The van der Waals surface area contributed by atoms with Crippen LogP contribution < -0.4 is 15.4 Å². The van der Waals surface area contributed by atoms with E-state index >= 15 is 0 Å². The first kappa shape index (κ1) is 38.4. The molecule has 1 aromatic rings. The Kier molecular flexibility index (Phi) is 23.1. The molecule has 43 heavy (non-hydrogen) atoms. The van der Waals surface area contributed by atoms with E-state index in [9.17, 15) is 14.4 Å². The number of methoxy groups -OCH3 is 1. The fourth-order valence-corrected chi connectivity index (χ4v) is 5.08. The summed E-state index contributed by atoms with van der Waals surface area (Å²) in [5, 5.41) is 5.74. The van der Waals surface area contributed by atoms with Gasteiger partial charge in [0.2, 0.25) is 5.91 Å². The number of esters is 1. The lowest BCUT2D eigenvalue weighted by Crippen LogP contribution is -2.28. The lowest BCUT2D eigenvalue weighted by Gasteiger charge is -2.13. The van der Waals surface area contributed by atoms with Gasteiger partial charge < -0.3 is 25.0 Å².